The summed E-state index contributed by atoms with van der Waals surface area (Å²) < 4.78 is 42.3. The molecule has 0 aliphatic rings. The van der Waals surface area contributed by atoms with E-state index in [0.717, 1.165) is 30.9 Å². The predicted octanol–water partition coefficient (Wildman–Crippen LogP) is 6.56. The minimum absolute atomic E-state index is 0.0412. The van der Waals surface area contributed by atoms with E-state index in [2.05, 4.69) is 23.7 Å². The van der Waals surface area contributed by atoms with Crippen LogP contribution in [-0.2, 0) is 6.42 Å². The fraction of sp³-hybridized carbons (Fsp3) is 0.174. The van der Waals surface area contributed by atoms with Gasteiger partial charge < -0.3 is 0 Å². The molecule has 0 fully saturated rings. The van der Waals surface area contributed by atoms with Gasteiger partial charge in [0.2, 0.25) is 0 Å². The van der Waals surface area contributed by atoms with E-state index in [1.807, 2.05) is 6.07 Å². The zero-order chi connectivity index (χ0) is 20.1. The molecule has 28 heavy (non-hydrogen) atoms. The Morgan fingerprint density at radius 1 is 0.929 bits per heavy atom. The molecule has 0 bridgehead atoms. The van der Waals surface area contributed by atoms with E-state index in [1.165, 1.54) is 24.3 Å². The number of aromatic nitrogens is 1. The summed E-state index contributed by atoms with van der Waals surface area (Å²) in [6.45, 7) is 2.11. The van der Waals surface area contributed by atoms with Gasteiger partial charge in [-0.3, -0.25) is 4.98 Å². The lowest BCUT2D eigenvalue weighted by molar-refractivity contribution is 0.578. The van der Waals surface area contributed by atoms with E-state index in [0.29, 0.717) is 11.3 Å². The molecule has 0 saturated carbocycles. The second kappa shape index (κ2) is 8.95. The van der Waals surface area contributed by atoms with E-state index in [-0.39, 0.29) is 16.1 Å². The van der Waals surface area contributed by atoms with Crippen LogP contribution in [0.2, 0.25) is 5.02 Å². The summed E-state index contributed by atoms with van der Waals surface area (Å²) in [7, 11) is 0. The highest BCUT2D eigenvalue weighted by atomic mass is 35.5. The minimum Gasteiger partial charge on any atom is -0.256 e. The van der Waals surface area contributed by atoms with Crippen molar-refractivity contribution in [3.05, 3.63) is 87.8 Å². The number of unbranched alkanes of at least 4 members (excludes halogenated alkanes) is 1. The molecule has 3 rings (SSSR count). The third-order valence-electron chi connectivity index (χ3n) is 4.23. The number of benzene rings is 2. The highest BCUT2D eigenvalue weighted by molar-refractivity contribution is 6.30. The molecule has 0 amide bonds. The molecular weight excluding hydrogens is 383 g/mol. The Balaban J connectivity index is 1.87. The van der Waals surface area contributed by atoms with E-state index in [4.69, 9.17) is 11.6 Å². The molecule has 142 valence electrons. The van der Waals surface area contributed by atoms with Gasteiger partial charge in [0.1, 0.15) is 17.5 Å². The number of aryl methyl sites for hydroxylation is 1. The normalized spacial score (nSPS) is 10.5. The van der Waals surface area contributed by atoms with Crippen LogP contribution in [-0.4, -0.2) is 4.98 Å². The Morgan fingerprint density at radius 2 is 1.68 bits per heavy atom. The van der Waals surface area contributed by atoms with Gasteiger partial charge in [0.25, 0.3) is 0 Å². The maximum absolute atomic E-state index is 14.4. The number of pyridine rings is 1. The Hall–Kier alpha value is -2.77. The van der Waals surface area contributed by atoms with Crippen molar-refractivity contribution in [3.63, 3.8) is 0 Å². The molecule has 5 heteroatoms. The molecule has 0 saturated heterocycles. The summed E-state index contributed by atoms with van der Waals surface area (Å²) in [5, 5.41) is -0.0412. The van der Waals surface area contributed by atoms with Crippen LogP contribution in [0.4, 0.5) is 13.2 Å². The first-order valence-electron chi connectivity index (χ1n) is 8.89. The van der Waals surface area contributed by atoms with Crippen molar-refractivity contribution in [3.8, 4) is 23.1 Å². The molecule has 0 aliphatic heterocycles. The van der Waals surface area contributed by atoms with Gasteiger partial charge in [-0.25, -0.2) is 13.2 Å². The average Bonchev–Trinajstić information content (AvgIpc) is 2.68. The lowest BCUT2D eigenvalue weighted by Crippen LogP contribution is -1.94. The summed E-state index contributed by atoms with van der Waals surface area (Å²) in [6.07, 6.45) is 4.80. The smallest absolute Gasteiger partial charge is 0.143 e. The van der Waals surface area contributed by atoms with Crippen molar-refractivity contribution in [2.45, 2.75) is 26.2 Å². The quantitative estimate of drug-likeness (QED) is 0.452. The molecule has 0 atom stereocenters. The second-order valence-electron chi connectivity index (χ2n) is 6.35. The Labute approximate surface area is 167 Å². The maximum Gasteiger partial charge on any atom is 0.143 e. The van der Waals surface area contributed by atoms with E-state index < -0.39 is 17.5 Å². The molecule has 1 nitrogen and oxygen atoms in total. The molecule has 0 radical (unpaired) electrons. The first kappa shape index (κ1) is 20.0. The van der Waals surface area contributed by atoms with Crippen molar-refractivity contribution >= 4 is 11.6 Å². The van der Waals surface area contributed by atoms with E-state index in [9.17, 15) is 13.2 Å². The number of hydrogen-bond donors (Lipinski definition) is 0. The molecule has 1 aromatic heterocycles. The van der Waals surface area contributed by atoms with Crippen LogP contribution in [0.25, 0.3) is 11.3 Å². The van der Waals surface area contributed by atoms with Crippen LogP contribution in [0.1, 0.15) is 36.5 Å². The first-order chi connectivity index (χ1) is 13.5. The minimum atomic E-state index is -0.797. The average molecular weight is 400 g/mol. The number of hydrogen-bond acceptors (Lipinski definition) is 1. The summed E-state index contributed by atoms with van der Waals surface area (Å²) in [5.74, 6) is 2.74. The molecular formula is C23H17ClF3N. The largest absolute Gasteiger partial charge is 0.256 e. The van der Waals surface area contributed by atoms with Gasteiger partial charge in [-0.15, -0.1) is 0 Å². The highest BCUT2D eigenvalue weighted by Gasteiger charge is 2.11. The lowest BCUT2D eigenvalue weighted by atomic mass is 10.0. The third kappa shape index (κ3) is 4.74. The second-order valence-corrected chi connectivity index (χ2v) is 6.76. The third-order valence-corrected chi connectivity index (χ3v) is 4.54. The van der Waals surface area contributed by atoms with Gasteiger partial charge in [0.05, 0.1) is 16.3 Å². The standard InChI is InChI=1S/C23H17ClF3N/c1-2-3-4-16-7-10-23(28-14-16)17-12-20(25)18(21(26)13-17)8-5-15-6-9-19(24)22(27)11-15/h6-7,9-14H,2-4H2,1H3. The van der Waals surface area contributed by atoms with Crippen molar-refractivity contribution in [2.24, 2.45) is 0 Å². The zero-order valence-corrected chi connectivity index (χ0v) is 16.0. The molecule has 0 N–H and O–H groups in total. The van der Waals surface area contributed by atoms with Crippen LogP contribution >= 0.6 is 11.6 Å². The molecule has 0 spiro atoms. The molecule has 2 aromatic carbocycles. The lowest BCUT2D eigenvalue weighted by Gasteiger charge is -2.06. The van der Waals surface area contributed by atoms with Crippen molar-refractivity contribution in [2.75, 3.05) is 0 Å². The Bertz CT molecular complexity index is 1030. The van der Waals surface area contributed by atoms with Gasteiger partial charge in [-0.1, -0.05) is 42.9 Å². The summed E-state index contributed by atoms with van der Waals surface area (Å²) in [6, 6.07) is 9.99. The Kier molecular flexibility index (Phi) is 6.38. The topological polar surface area (TPSA) is 12.9 Å². The van der Waals surface area contributed by atoms with E-state index in [1.54, 1.807) is 12.3 Å². The fourth-order valence-electron chi connectivity index (χ4n) is 2.67. The van der Waals surface area contributed by atoms with Crippen molar-refractivity contribution < 1.29 is 13.2 Å². The summed E-state index contributed by atoms with van der Waals surface area (Å²) in [5.41, 5.74) is 1.80. The zero-order valence-electron chi connectivity index (χ0n) is 15.2. The molecule has 1 heterocycles. The number of nitrogens with zero attached hydrogens (tertiary/aromatic N) is 1. The SMILES string of the molecule is CCCCc1ccc(-c2cc(F)c(C#Cc3ccc(Cl)c(F)c3)c(F)c2)nc1. The van der Waals surface area contributed by atoms with Crippen LogP contribution in [0.3, 0.4) is 0 Å². The molecule has 0 aliphatic carbocycles. The Morgan fingerprint density at radius 3 is 2.29 bits per heavy atom. The van der Waals surface area contributed by atoms with Crippen LogP contribution in [0.5, 0.6) is 0 Å². The van der Waals surface area contributed by atoms with Gasteiger partial charge in [0.15, 0.2) is 0 Å². The first-order valence-corrected chi connectivity index (χ1v) is 9.27. The fourth-order valence-corrected chi connectivity index (χ4v) is 2.79. The monoisotopic (exact) mass is 399 g/mol. The summed E-state index contributed by atoms with van der Waals surface area (Å²) >= 11 is 5.61. The van der Waals surface area contributed by atoms with E-state index >= 15 is 0 Å². The molecule has 0 unspecified atom stereocenters. The van der Waals surface area contributed by atoms with Crippen molar-refractivity contribution in [1.82, 2.24) is 4.98 Å². The molecule has 3 aromatic rings. The van der Waals surface area contributed by atoms with Gasteiger partial charge in [-0.2, -0.15) is 0 Å². The van der Waals surface area contributed by atoms with Crippen LogP contribution < -0.4 is 0 Å². The summed E-state index contributed by atoms with van der Waals surface area (Å²) in [4.78, 5) is 4.30. The van der Waals surface area contributed by atoms with Crippen LogP contribution in [0.15, 0.2) is 48.7 Å². The van der Waals surface area contributed by atoms with Crippen molar-refractivity contribution in [1.29, 1.82) is 0 Å². The highest BCUT2D eigenvalue weighted by Crippen LogP contribution is 2.23. The number of rotatable bonds is 4. The van der Waals surface area contributed by atoms with Gasteiger partial charge in [-0.05, 0) is 54.8 Å². The van der Waals surface area contributed by atoms with Crippen LogP contribution in [0, 0.1) is 29.3 Å². The maximum atomic E-state index is 14.4. The van der Waals surface area contributed by atoms with Gasteiger partial charge in [0, 0.05) is 17.3 Å². The number of halogens is 4. The predicted molar refractivity (Wildman–Crippen MR) is 106 cm³/mol. The van der Waals surface area contributed by atoms with Gasteiger partial charge >= 0.3 is 0 Å².